The van der Waals surface area contributed by atoms with Crippen molar-refractivity contribution in [3.05, 3.63) is 35.4 Å². The zero-order valence-corrected chi connectivity index (χ0v) is 13.6. The van der Waals surface area contributed by atoms with E-state index in [2.05, 4.69) is 10.6 Å². The number of nitrogens with two attached hydrogens (primary N) is 1. The van der Waals surface area contributed by atoms with Gasteiger partial charge in [0.1, 0.15) is 0 Å². The van der Waals surface area contributed by atoms with Crippen molar-refractivity contribution >= 4 is 17.7 Å². The second-order valence-electron chi connectivity index (χ2n) is 6.85. The topological polar surface area (TPSA) is 101 Å². The number of fused-ring (bicyclic) bond motifs is 2. The van der Waals surface area contributed by atoms with Crippen molar-refractivity contribution in [2.45, 2.75) is 32.2 Å². The first-order valence-electron chi connectivity index (χ1n) is 8.46. The number of hydrogen-bond donors (Lipinski definition) is 3. The third-order valence-corrected chi connectivity index (χ3v) is 5.18. The molecule has 1 aromatic carbocycles. The lowest BCUT2D eigenvalue weighted by Crippen LogP contribution is -2.33. The van der Waals surface area contributed by atoms with Crippen LogP contribution in [0.15, 0.2) is 24.3 Å². The first-order chi connectivity index (χ1) is 11.5. The van der Waals surface area contributed by atoms with Crippen molar-refractivity contribution in [3.63, 3.8) is 0 Å². The molecule has 128 valence electrons. The summed E-state index contributed by atoms with van der Waals surface area (Å²) in [5.41, 5.74) is 6.39. The molecule has 0 spiro atoms. The number of rotatable bonds is 6. The SMILES string of the molecule is NC(=O)CNC(=O)c1ccc(CNC(=O)C2CC3CCC2C3)cc1. The van der Waals surface area contributed by atoms with Crippen LogP contribution in [-0.2, 0) is 16.1 Å². The maximum atomic E-state index is 12.3. The highest BCUT2D eigenvalue weighted by atomic mass is 16.2. The summed E-state index contributed by atoms with van der Waals surface area (Å²) < 4.78 is 0. The fourth-order valence-electron chi connectivity index (χ4n) is 3.93. The summed E-state index contributed by atoms with van der Waals surface area (Å²) in [5, 5.41) is 5.45. The number of carbonyl (C=O) groups is 3. The summed E-state index contributed by atoms with van der Waals surface area (Å²) in [7, 11) is 0. The summed E-state index contributed by atoms with van der Waals surface area (Å²) in [6.07, 6.45) is 4.73. The molecule has 0 aliphatic heterocycles. The molecule has 6 nitrogen and oxygen atoms in total. The van der Waals surface area contributed by atoms with Crippen LogP contribution in [0.4, 0.5) is 0 Å². The summed E-state index contributed by atoms with van der Waals surface area (Å²) in [6, 6.07) is 6.96. The van der Waals surface area contributed by atoms with Gasteiger partial charge < -0.3 is 16.4 Å². The standard InChI is InChI=1S/C18H23N3O3/c19-16(22)10-21-17(23)13-4-1-11(2-5-13)9-20-18(24)15-8-12-3-6-14(15)7-12/h1-2,4-5,12,14-15H,3,6-10H2,(H2,19,22)(H,20,24)(H,21,23). The molecule has 2 saturated carbocycles. The molecule has 24 heavy (non-hydrogen) atoms. The zero-order chi connectivity index (χ0) is 17.1. The predicted molar refractivity (Wildman–Crippen MR) is 88.8 cm³/mol. The first kappa shape index (κ1) is 16.5. The molecule has 2 aliphatic carbocycles. The van der Waals surface area contributed by atoms with E-state index in [9.17, 15) is 14.4 Å². The molecular weight excluding hydrogens is 306 g/mol. The van der Waals surface area contributed by atoms with Crippen molar-refractivity contribution in [3.8, 4) is 0 Å². The van der Waals surface area contributed by atoms with Gasteiger partial charge in [-0.1, -0.05) is 18.6 Å². The molecule has 3 unspecified atom stereocenters. The van der Waals surface area contributed by atoms with Crippen LogP contribution < -0.4 is 16.4 Å². The van der Waals surface area contributed by atoms with E-state index < -0.39 is 5.91 Å². The Kier molecular flexibility index (Phi) is 4.83. The van der Waals surface area contributed by atoms with Gasteiger partial charge >= 0.3 is 0 Å². The van der Waals surface area contributed by atoms with Gasteiger partial charge in [0.25, 0.3) is 5.91 Å². The minimum atomic E-state index is -0.580. The number of hydrogen-bond acceptors (Lipinski definition) is 3. The Morgan fingerprint density at radius 1 is 1.04 bits per heavy atom. The number of primary amides is 1. The normalized spacial score (nSPS) is 24.6. The third-order valence-electron chi connectivity index (χ3n) is 5.18. The van der Waals surface area contributed by atoms with Crippen molar-refractivity contribution < 1.29 is 14.4 Å². The highest BCUT2D eigenvalue weighted by Crippen LogP contribution is 2.48. The molecule has 4 N–H and O–H groups in total. The molecule has 0 heterocycles. The van der Waals surface area contributed by atoms with Crippen LogP contribution in [0.2, 0.25) is 0 Å². The summed E-state index contributed by atoms with van der Waals surface area (Å²) in [5.74, 6) is 0.748. The van der Waals surface area contributed by atoms with Gasteiger partial charge in [0.05, 0.1) is 6.54 Å². The Hall–Kier alpha value is -2.37. The Morgan fingerprint density at radius 3 is 2.38 bits per heavy atom. The third kappa shape index (κ3) is 3.75. The lowest BCUT2D eigenvalue weighted by molar-refractivity contribution is -0.126. The molecule has 3 amide bonds. The lowest BCUT2D eigenvalue weighted by Gasteiger charge is -2.20. The molecule has 6 heteroatoms. The van der Waals surface area contributed by atoms with Crippen molar-refractivity contribution in [2.75, 3.05) is 6.54 Å². The molecule has 2 fully saturated rings. The Bertz CT molecular complexity index is 641. The molecular formula is C18H23N3O3. The highest BCUT2D eigenvalue weighted by Gasteiger charge is 2.42. The second-order valence-corrected chi connectivity index (χ2v) is 6.85. The molecule has 2 bridgehead atoms. The molecule has 0 radical (unpaired) electrons. The van der Waals surface area contributed by atoms with Gasteiger partial charge in [0.2, 0.25) is 11.8 Å². The van der Waals surface area contributed by atoms with Crippen LogP contribution >= 0.6 is 0 Å². The molecule has 0 aromatic heterocycles. The largest absolute Gasteiger partial charge is 0.368 e. The van der Waals surface area contributed by atoms with Crippen molar-refractivity contribution in [1.82, 2.24) is 10.6 Å². The van der Waals surface area contributed by atoms with E-state index >= 15 is 0 Å². The van der Waals surface area contributed by atoms with E-state index in [0.29, 0.717) is 18.0 Å². The van der Waals surface area contributed by atoms with Gasteiger partial charge in [0, 0.05) is 18.0 Å². The van der Waals surface area contributed by atoms with Crippen LogP contribution in [-0.4, -0.2) is 24.3 Å². The van der Waals surface area contributed by atoms with Gasteiger partial charge in [-0.2, -0.15) is 0 Å². The average Bonchev–Trinajstić information content (AvgIpc) is 3.21. The summed E-state index contributed by atoms with van der Waals surface area (Å²) >= 11 is 0. The van der Waals surface area contributed by atoms with Crippen LogP contribution in [0.1, 0.15) is 41.6 Å². The van der Waals surface area contributed by atoms with Gasteiger partial charge in [-0.05, 0) is 48.8 Å². The van der Waals surface area contributed by atoms with Gasteiger partial charge in [-0.15, -0.1) is 0 Å². The number of benzene rings is 1. The fraction of sp³-hybridized carbons (Fsp3) is 0.500. The van der Waals surface area contributed by atoms with Crippen molar-refractivity contribution in [2.24, 2.45) is 23.5 Å². The van der Waals surface area contributed by atoms with Crippen LogP contribution in [0.5, 0.6) is 0 Å². The highest BCUT2D eigenvalue weighted by molar-refractivity contribution is 5.96. The van der Waals surface area contributed by atoms with Crippen LogP contribution in [0, 0.1) is 17.8 Å². The minimum absolute atomic E-state index is 0.158. The van der Waals surface area contributed by atoms with Gasteiger partial charge in [-0.3, -0.25) is 14.4 Å². The predicted octanol–water partition coefficient (Wildman–Crippen LogP) is 0.954. The summed E-state index contributed by atoms with van der Waals surface area (Å²) in [6.45, 7) is 0.288. The quantitative estimate of drug-likeness (QED) is 0.724. The van der Waals surface area contributed by atoms with E-state index in [1.165, 1.54) is 19.3 Å². The van der Waals surface area contributed by atoms with E-state index in [0.717, 1.165) is 17.9 Å². The number of carbonyl (C=O) groups excluding carboxylic acids is 3. The first-order valence-corrected chi connectivity index (χ1v) is 8.46. The van der Waals surface area contributed by atoms with Crippen LogP contribution in [0.3, 0.4) is 0 Å². The van der Waals surface area contributed by atoms with Crippen LogP contribution in [0.25, 0.3) is 0 Å². The number of nitrogens with one attached hydrogen (secondary N) is 2. The van der Waals surface area contributed by atoms with Crippen molar-refractivity contribution in [1.29, 1.82) is 0 Å². The number of amides is 3. The van der Waals surface area contributed by atoms with Gasteiger partial charge in [-0.25, -0.2) is 0 Å². The van der Waals surface area contributed by atoms with E-state index in [1.807, 2.05) is 0 Å². The smallest absolute Gasteiger partial charge is 0.251 e. The maximum absolute atomic E-state index is 12.3. The molecule has 3 rings (SSSR count). The van der Waals surface area contributed by atoms with E-state index in [-0.39, 0.29) is 24.3 Å². The molecule has 3 atom stereocenters. The van der Waals surface area contributed by atoms with Gasteiger partial charge in [0.15, 0.2) is 0 Å². The summed E-state index contributed by atoms with van der Waals surface area (Å²) in [4.78, 5) is 34.8. The minimum Gasteiger partial charge on any atom is -0.368 e. The second kappa shape index (κ2) is 7.03. The Balaban J connectivity index is 1.48. The Labute approximate surface area is 141 Å². The van der Waals surface area contributed by atoms with E-state index in [4.69, 9.17) is 5.73 Å². The monoisotopic (exact) mass is 329 g/mol. The lowest BCUT2D eigenvalue weighted by atomic mass is 9.88. The average molecular weight is 329 g/mol. The molecule has 1 aromatic rings. The maximum Gasteiger partial charge on any atom is 0.251 e. The molecule has 0 saturated heterocycles. The Morgan fingerprint density at radius 2 is 1.79 bits per heavy atom. The zero-order valence-electron chi connectivity index (χ0n) is 13.6. The van der Waals surface area contributed by atoms with E-state index in [1.54, 1.807) is 24.3 Å². The molecule has 2 aliphatic rings. The fourth-order valence-corrected chi connectivity index (χ4v) is 3.93.